The second-order valence-electron chi connectivity index (χ2n) is 3.23. The monoisotopic (exact) mass is 284 g/mol. The molecular weight excluding hydrogens is 272 g/mol. The predicted molar refractivity (Wildman–Crippen MR) is 66.6 cm³/mol. The first kappa shape index (κ1) is 12.7. The van der Waals surface area contributed by atoms with Crippen LogP contribution in [-0.4, -0.2) is 24.2 Å². The number of benzene rings is 1. The molecule has 0 aliphatic carbocycles. The molecule has 0 saturated carbocycles. The Bertz CT molecular complexity index is 339. The quantitative estimate of drug-likeness (QED) is 0.819. The van der Waals surface area contributed by atoms with E-state index in [9.17, 15) is 9.59 Å². The Labute approximate surface area is 103 Å². The molecule has 16 heavy (non-hydrogen) atoms. The number of likely N-dealkylation sites (N-methyl/N-ethyl adjacent to an activating group) is 1. The molecule has 0 unspecified atom stereocenters. The average Bonchev–Trinajstić information content (AvgIpc) is 2.31. The van der Waals surface area contributed by atoms with Crippen LogP contribution in [0.4, 0.5) is 5.69 Å². The summed E-state index contributed by atoms with van der Waals surface area (Å²) < 4.78 is 0. The molecule has 0 radical (unpaired) electrons. The third-order valence-corrected chi connectivity index (χ3v) is 2.51. The summed E-state index contributed by atoms with van der Waals surface area (Å²) in [7, 11) is 1.60. The van der Waals surface area contributed by atoms with Crippen molar-refractivity contribution in [2.24, 2.45) is 0 Å². The molecular formula is C11H13BrN2O2. The minimum absolute atomic E-state index is 0.0303. The highest BCUT2D eigenvalue weighted by atomic mass is 79.9. The second-order valence-corrected chi connectivity index (χ2v) is 3.79. The van der Waals surface area contributed by atoms with Crippen LogP contribution < -0.4 is 10.6 Å². The second kappa shape index (κ2) is 6.27. The summed E-state index contributed by atoms with van der Waals surface area (Å²) in [4.78, 5) is 22.2. The summed E-state index contributed by atoms with van der Waals surface area (Å²) in [6, 6.07) is 7.19. The summed E-state index contributed by atoms with van der Waals surface area (Å²) in [6.45, 7) is 0. The molecule has 1 aromatic carbocycles. The van der Waals surface area contributed by atoms with Gasteiger partial charge < -0.3 is 10.6 Å². The first-order chi connectivity index (χ1) is 7.65. The Balaban J connectivity index is 2.60. The van der Waals surface area contributed by atoms with Gasteiger partial charge in [-0.25, -0.2) is 0 Å². The molecule has 5 heteroatoms. The number of halogens is 1. The van der Waals surface area contributed by atoms with Gasteiger partial charge in [0.05, 0.1) is 11.8 Å². The van der Waals surface area contributed by atoms with Gasteiger partial charge in [-0.1, -0.05) is 28.1 Å². The molecule has 1 rings (SSSR count). The molecule has 0 spiro atoms. The zero-order valence-corrected chi connectivity index (χ0v) is 10.5. The molecule has 0 fully saturated rings. The third kappa shape index (κ3) is 4.02. The molecule has 86 valence electrons. The molecule has 1 aromatic rings. The fraction of sp³-hybridized carbons (Fsp3) is 0.273. The summed E-state index contributed by atoms with van der Waals surface area (Å²) in [5.41, 5.74) is 1.64. The summed E-state index contributed by atoms with van der Waals surface area (Å²) in [5, 5.41) is 5.53. The minimum Gasteiger partial charge on any atom is -0.359 e. The van der Waals surface area contributed by atoms with Crippen molar-refractivity contribution in [2.45, 2.75) is 6.42 Å². The van der Waals surface area contributed by atoms with Gasteiger partial charge in [0.15, 0.2) is 0 Å². The van der Waals surface area contributed by atoms with Gasteiger partial charge in [-0.05, 0) is 17.7 Å². The zero-order valence-electron chi connectivity index (χ0n) is 8.92. The maximum Gasteiger partial charge on any atom is 0.235 e. The van der Waals surface area contributed by atoms with Crippen molar-refractivity contribution in [3.05, 3.63) is 29.8 Å². The maximum absolute atomic E-state index is 11.1. The summed E-state index contributed by atoms with van der Waals surface area (Å²) in [5.74, 6) is -0.128. The van der Waals surface area contributed by atoms with Crippen molar-refractivity contribution >= 4 is 33.4 Å². The van der Waals surface area contributed by atoms with Gasteiger partial charge in [-0.2, -0.15) is 0 Å². The Hall–Kier alpha value is -1.36. The normalized spacial score (nSPS) is 9.62. The van der Waals surface area contributed by atoms with Gasteiger partial charge in [0.1, 0.15) is 0 Å². The van der Waals surface area contributed by atoms with E-state index in [-0.39, 0.29) is 17.1 Å². The van der Waals surface area contributed by atoms with Gasteiger partial charge in [0, 0.05) is 12.7 Å². The highest BCUT2D eigenvalue weighted by Gasteiger charge is 2.02. The van der Waals surface area contributed by atoms with Gasteiger partial charge in [0.2, 0.25) is 11.8 Å². The number of alkyl halides is 1. The fourth-order valence-corrected chi connectivity index (χ4v) is 1.31. The number of carbonyl (C=O) groups is 2. The van der Waals surface area contributed by atoms with Crippen molar-refractivity contribution in [1.29, 1.82) is 0 Å². The lowest BCUT2D eigenvalue weighted by atomic mass is 10.1. The lowest BCUT2D eigenvalue weighted by Crippen LogP contribution is -2.19. The minimum atomic E-state index is -0.0981. The van der Waals surface area contributed by atoms with Crippen LogP contribution in [0.15, 0.2) is 24.3 Å². The van der Waals surface area contributed by atoms with E-state index in [4.69, 9.17) is 0 Å². The number of hydrogen-bond donors (Lipinski definition) is 2. The first-order valence-electron chi connectivity index (χ1n) is 4.81. The van der Waals surface area contributed by atoms with Crippen molar-refractivity contribution in [2.75, 3.05) is 17.7 Å². The molecule has 0 bridgehead atoms. The molecule has 4 nitrogen and oxygen atoms in total. The first-order valence-corrected chi connectivity index (χ1v) is 5.93. The standard InChI is InChI=1S/C11H13BrN2O2/c1-13-10(15)6-8-2-4-9(5-3-8)14-11(16)7-12/h2-5H,6-7H2,1H3,(H,13,15)(H,14,16). The lowest BCUT2D eigenvalue weighted by molar-refractivity contribution is -0.120. The van der Waals surface area contributed by atoms with E-state index in [1.54, 1.807) is 19.2 Å². The fourth-order valence-electron chi connectivity index (χ4n) is 1.17. The average molecular weight is 285 g/mol. The van der Waals surface area contributed by atoms with Crippen LogP contribution in [0.2, 0.25) is 0 Å². The molecule has 0 saturated heterocycles. The van der Waals surface area contributed by atoms with Crippen molar-refractivity contribution in [3.8, 4) is 0 Å². The van der Waals surface area contributed by atoms with E-state index in [0.29, 0.717) is 6.42 Å². The number of amides is 2. The Morgan fingerprint density at radius 1 is 1.19 bits per heavy atom. The van der Waals surface area contributed by atoms with E-state index >= 15 is 0 Å². The largest absolute Gasteiger partial charge is 0.359 e. The molecule has 0 heterocycles. The molecule has 0 aliphatic heterocycles. The van der Waals surface area contributed by atoms with E-state index in [2.05, 4.69) is 26.6 Å². The number of hydrogen-bond acceptors (Lipinski definition) is 2. The van der Waals surface area contributed by atoms with E-state index in [1.807, 2.05) is 12.1 Å². The van der Waals surface area contributed by atoms with Crippen molar-refractivity contribution in [1.82, 2.24) is 5.32 Å². The smallest absolute Gasteiger partial charge is 0.235 e. The topological polar surface area (TPSA) is 58.2 Å². The van der Waals surface area contributed by atoms with E-state index in [0.717, 1.165) is 11.3 Å². The number of carbonyl (C=O) groups excluding carboxylic acids is 2. The van der Waals surface area contributed by atoms with Crippen LogP contribution in [0, 0.1) is 0 Å². The highest BCUT2D eigenvalue weighted by Crippen LogP contribution is 2.10. The number of rotatable bonds is 4. The van der Waals surface area contributed by atoms with E-state index in [1.165, 1.54) is 0 Å². The number of nitrogens with one attached hydrogen (secondary N) is 2. The summed E-state index contributed by atoms with van der Waals surface area (Å²) >= 11 is 3.06. The van der Waals surface area contributed by atoms with E-state index < -0.39 is 0 Å². The van der Waals surface area contributed by atoms with Crippen molar-refractivity contribution in [3.63, 3.8) is 0 Å². The number of anilines is 1. The van der Waals surface area contributed by atoms with Crippen LogP contribution >= 0.6 is 15.9 Å². The Morgan fingerprint density at radius 2 is 1.81 bits per heavy atom. The van der Waals surface area contributed by atoms with Crippen LogP contribution in [0.3, 0.4) is 0 Å². The predicted octanol–water partition coefficient (Wildman–Crippen LogP) is 1.31. The zero-order chi connectivity index (χ0) is 12.0. The van der Waals surface area contributed by atoms with Crippen LogP contribution in [0.1, 0.15) is 5.56 Å². The summed E-state index contributed by atoms with van der Waals surface area (Å²) in [6.07, 6.45) is 0.350. The van der Waals surface area contributed by atoms with Gasteiger partial charge >= 0.3 is 0 Å². The Kier molecular flexibility index (Phi) is 4.98. The molecule has 2 amide bonds. The molecule has 0 atom stereocenters. The maximum atomic E-state index is 11.1. The lowest BCUT2D eigenvalue weighted by Gasteiger charge is -2.04. The van der Waals surface area contributed by atoms with Crippen molar-refractivity contribution < 1.29 is 9.59 Å². The molecule has 0 aromatic heterocycles. The Morgan fingerprint density at radius 3 is 2.31 bits per heavy atom. The van der Waals surface area contributed by atoms with Crippen LogP contribution in [-0.2, 0) is 16.0 Å². The molecule has 0 aliphatic rings. The molecule has 2 N–H and O–H groups in total. The van der Waals surface area contributed by atoms with Crippen LogP contribution in [0.25, 0.3) is 0 Å². The third-order valence-electron chi connectivity index (χ3n) is 2.00. The SMILES string of the molecule is CNC(=O)Cc1ccc(NC(=O)CBr)cc1. The highest BCUT2D eigenvalue weighted by molar-refractivity contribution is 9.09. The van der Waals surface area contributed by atoms with Gasteiger partial charge in [0.25, 0.3) is 0 Å². The van der Waals surface area contributed by atoms with Gasteiger partial charge in [-0.3, -0.25) is 9.59 Å². The van der Waals surface area contributed by atoms with Gasteiger partial charge in [-0.15, -0.1) is 0 Å². The van der Waals surface area contributed by atoms with Crippen LogP contribution in [0.5, 0.6) is 0 Å².